The van der Waals surface area contributed by atoms with Crippen LogP contribution in [0.5, 0.6) is 0 Å². The summed E-state index contributed by atoms with van der Waals surface area (Å²) in [4.78, 5) is 4.22. The zero-order valence-corrected chi connectivity index (χ0v) is 9.04. The summed E-state index contributed by atoms with van der Waals surface area (Å²) in [6.07, 6.45) is 0.872. The molecule has 0 bridgehead atoms. The van der Waals surface area contributed by atoms with Crippen LogP contribution in [0.2, 0.25) is 0 Å². The average Bonchev–Trinajstić information content (AvgIpc) is 2.47. The molecule has 0 aliphatic carbocycles. The van der Waals surface area contributed by atoms with Gasteiger partial charge in [0.1, 0.15) is 5.67 Å². The van der Waals surface area contributed by atoms with E-state index in [9.17, 15) is 4.39 Å². The van der Waals surface area contributed by atoms with Gasteiger partial charge in [0.05, 0.1) is 10.7 Å². The van der Waals surface area contributed by atoms with E-state index in [-0.39, 0.29) is 0 Å². The highest BCUT2D eigenvalue weighted by Gasteiger charge is 2.21. The molecule has 0 aliphatic rings. The average molecular weight is 202 g/mol. The molecule has 1 aromatic heterocycles. The first-order valence-corrected chi connectivity index (χ1v) is 5.20. The van der Waals surface area contributed by atoms with Crippen molar-refractivity contribution >= 4 is 11.3 Å². The number of thiazole rings is 1. The SMILES string of the molecule is CNCCc1nc(C(C)(C)F)cs1. The lowest BCUT2D eigenvalue weighted by Crippen LogP contribution is -2.12. The highest BCUT2D eigenvalue weighted by atomic mass is 32.1. The van der Waals surface area contributed by atoms with Crippen molar-refractivity contribution in [3.05, 3.63) is 16.1 Å². The molecule has 1 heterocycles. The Morgan fingerprint density at radius 3 is 2.77 bits per heavy atom. The summed E-state index contributed by atoms with van der Waals surface area (Å²) in [5.74, 6) is 0. The first-order chi connectivity index (χ1) is 6.04. The van der Waals surface area contributed by atoms with E-state index in [0.717, 1.165) is 18.0 Å². The van der Waals surface area contributed by atoms with Gasteiger partial charge in [-0.1, -0.05) is 0 Å². The van der Waals surface area contributed by atoms with Crippen molar-refractivity contribution in [3.63, 3.8) is 0 Å². The Labute approximate surface area is 82.2 Å². The van der Waals surface area contributed by atoms with Crippen LogP contribution in [0.1, 0.15) is 24.5 Å². The lowest BCUT2D eigenvalue weighted by Gasteiger charge is -2.09. The molecule has 0 atom stereocenters. The van der Waals surface area contributed by atoms with Crippen LogP contribution in [0, 0.1) is 0 Å². The molecule has 0 amide bonds. The third kappa shape index (κ3) is 3.04. The van der Waals surface area contributed by atoms with Gasteiger partial charge in [-0.25, -0.2) is 9.37 Å². The van der Waals surface area contributed by atoms with Crippen LogP contribution in [0.25, 0.3) is 0 Å². The summed E-state index contributed by atoms with van der Waals surface area (Å²) in [6.45, 7) is 3.95. The first kappa shape index (κ1) is 10.6. The lowest BCUT2D eigenvalue weighted by molar-refractivity contribution is 0.215. The van der Waals surface area contributed by atoms with Crippen LogP contribution in [-0.2, 0) is 12.1 Å². The molecule has 0 unspecified atom stereocenters. The molecule has 0 aliphatic heterocycles. The number of rotatable bonds is 4. The van der Waals surface area contributed by atoms with Gasteiger partial charge in [-0.3, -0.25) is 0 Å². The molecule has 0 saturated carbocycles. The Morgan fingerprint density at radius 1 is 1.62 bits per heavy atom. The van der Waals surface area contributed by atoms with Crippen molar-refractivity contribution in [1.82, 2.24) is 10.3 Å². The van der Waals surface area contributed by atoms with Crippen molar-refractivity contribution < 1.29 is 4.39 Å². The Kier molecular flexibility index (Phi) is 3.39. The van der Waals surface area contributed by atoms with E-state index in [0.29, 0.717) is 5.69 Å². The Hall–Kier alpha value is -0.480. The smallest absolute Gasteiger partial charge is 0.148 e. The predicted molar refractivity (Wildman–Crippen MR) is 53.9 cm³/mol. The number of nitrogens with zero attached hydrogens (tertiary/aromatic N) is 1. The molecule has 0 radical (unpaired) electrons. The second kappa shape index (κ2) is 4.15. The van der Waals surface area contributed by atoms with E-state index in [2.05, 4.69) is 10.3 Å². The second-order valence-corrected chi connectivity index (χ2v) is 4.40. The minimum atomic E-state index is -1.31. The zero-order valence-electron chi connectivity index (χ0n) is 8.22. The molecular formula is C9H15FN2S. The van der Waals surface area contributed by atoms with E-state index < -0.39 is 5.67 Å². The fourth-order valence-electron chi connectivity index (χ4n) is 0.931. The molecule has 0 aromatic carbocycles. The van der Waals surface area contributed by atoms with Crippen LogP contribution >= 0.6 is 11.3 Å². The Bertz CT molecular complexity index is 265. The van der Waals surface area contributed by atoms with Crippen LogP contribution in [0.3, 0.4) is 0 Å². The Balaban J connectivity index is 2.64. The molecule has 74 valence electrons. The largest absolute Gasteiger partial charge is 0.319 e. The second-order valence-electron chi connectivity index (χ2n) is 3.45. The molecule has 13 heavy (non-hydrogen) atoms. The van der Waals surface area contributed by atoms with Crippen molar-refractivity contribution in [2.45, 2.75) is 25.9 Å². The number of aromatic nitrogens is 1. The zero-order chi connectivity index (χ0) is 9.90. The van der Waals surface area contributed by atoms with Crippen molar-refractivity contribution in [2.24, 2.45) is 0 Å². The molecule has 4 heteroatoms. The highest BCUT2D eigenvalue weighted by Crippen LogP contribution is 2.25. The molecule has 1 aromatic rings. The number of halogens is 1. The van der Waals surface area contributed by atoms with Crippen molar-refractivity contribution in [1.29, 1.82) is 0 Å². The molecule has 0 saturated heterocycles. The summed E-state index contributed by atoms with van der Waals surface area (Å²) in [7, 11) is 1.90. The number of alkyl halides is 1. The van der Waals surface area contributed by atoms with E-state index >= 15 is 0 Å². The van der Waals surface area contributed by atoms with E-state index in [1.165, 1.54) is 25.2 Å². The quantitative estimate of drug-likeness (QED) is 0.809. The summed E-state index contributed by atoms with van der Waals surface area (Å²) < 4.78 is 13.4. The van der Waals surface area contributed by atoms with Gasteiger partial charge >= 0.3 is 0 Å². The number of hydrogen-bond acceptors (Lipinski definition) is 3. The van der Waals surface area contributed by atoms with Crippen LogP contribution in [0.15, 0.2) is 5.38 Å². The maximum Gasteiger partial charge on any atom is 0.148 e. The number of hydrogen-bond donors (Lipinski definition) is 1. The van der Waals surface area contributed by atoms with Gasteiger partial charge in [-0.05, 0) is 20.9 Å². The van der Waals surface area contributed by atoms with Crippen molar-refractivity contribution in [3.8, 4) is 0 Å². The monoisotopic (exact) mass is 202 g/mol. The van der Waals surface area contributed by atoms with E-state index in [1.807, 2.05) is 7.05 Å². The van der Waals surface area contributed by atoms with E-state index in [4.69, 9.17) is 0 Å². The predicted octanol–water partition coefficient (Wildman–Crippen LogP) is 2.11. The molecule has 2 nitrogen and oxygen atoms in total. The van der Waals surface area contributed by atoms with Gasteiger partial charge in [-0.15, -0.1) is 11.3 Å². The van der Waals surface area contributed by atoms with Crippen molar-refractivity contribution in [2.75, 3.05) is 13.6 Å². The maximum atomic E-state index is 13.4. The fourth-order valence-corrected chi connectivity index (χ4v) is 1.88. The highest BCUT2D eigenvalue weighted by molar-refractivity contribution is 7.09. The number of nitrogens with one attached hydrogen (secondary N) is 1. The number of likely N-dealkylation sites (N-methyl/N-ethyl adjacent to an activating group) is 1. The van der Waals surface area contributed by atoms with Crippen LogP contribution in [-0.4, -0.2) is 18.6 Å². The minimum absolute atomic E-state index is 0.545. The molecule has 1 N–H and O–H groups in total. The van der Waals surface area contributed by atoms with Gasteiger partial charge < -0.3 is 5.32 Å². The van der Waals surface area contributed by atoms with E-state index in [1.54, 1.807) is 5.38 Å². The van der Waals surface area contributed by atoms with Gasteiger partial charge in [0, 0.05) is 18.3 Å². The topological polar surface area (TPSA) is 24.9 Å². The standard InChI is InChI=1S/C9H15FN2S/c1-9(2,10)7-6-13-8(12-7)4-5-11-3/h6,11H,4-5H2,1-3H3. The van der Waals surface area contributed by atoms with Gasteiger partial charge in [0.25, 0.3) is 0 Å². The lowest BCUT2D eigenvalue weighted by atomic mass is 10.1. The van der Waals surface area contributed by atoms with Gasteiger partial charge in [-0.2, -0.15) is 0 Å². The van der Waals surface area contributed by atoms with Crippen LogP contribution < -0.4 is 5.32 Å². The van der Waals surface area contributed by atoms with Gasteiger partial charge in [0.15, 0.2) is 0 Å². The summed E-state index contributed by atoms with van der Waals surface area (Å²) >= 11 is 1.53. The summed E-state index contributed by atoms with van der Waals surface area (Å²) in [5, 5.41) is 5.83. The fraction of sp³-hybridized carbons (Fsp3) is 0.667. The first-order valence-electron chi connectivity index (χ1n) is 4.32. The summed E-state index contributed by atoms with van der Waals surface area (Å²) in [6, 6.07) is 0. The molecule has 0 fully saturated rings. The van der Waals surface area contributed by atoms with Gasteiger partial charge in [0.2, 0.25) is 0 Å². The summed E-state index contributed by atoms with van der Waals surface area (Å²) in [5.41, 5.74) is -0.766. The van der Waals surface area contributed by atoms with Crippen LogP contribution in [0.4, 0.5) is 4.39 Å². The Morgan fingerprint density at radius 2 is 2.31 bits per heavy atom. The minimum Gasteiger partial charge on any atom is -0.319 e. The molecule has 1 rings (SSSR count). The molecular weight excluding hydrogens is 187 g/mol. The third-order valence-corrected chi connectivity index (χ3v) is 2.66. The maximum absolute atomic E-state index is 13.4. The normalized spacial score (nSPS) is 12.0. The molecule has 0 spiro atoms. The third-order valence-electron chi connectivity index (χ3n) is 1.75.